The van der Waals surface area contributed by atoms with Crippen LogP contribution in [0.1, 0.15) is 35.2 Å². The third kappa shape index (κ3) is 5.05. The van der Waals surface area contributed by atoms with Crippen LogP contribution in [-0.4, -0.2) is 43.3 Å². The molecule has 2 aromatic heterocycles. The maximum Gasteiger partial charge on any atom is 0.260 e. The highest BCUT2D eigenvalue weighted by Gasteiger charge is 2.34. The normalized spacial score (nSPS) is 16.3. The standard InChI is InChI=1S/C26H23FN4O3S/c27-20-13-11-19(12-14-20)24(32)30-15-5-4-10-22(25(30)33)35-26-29-28-23(21-9-6-16-34-21)31(26)17-18-7-2-1-3-8-18/h1-3,6-9,11-14,16,22H,4-5,10,15,17H2/t22-/m0/s1. The largest absolute Gasteiger partial charge is 0.461 e. The Balaban J connectivity index is 1.43. The van der Waals surface area contributed by atoms with E-state index in [2.05, 4.69) is 10.2 Å². The molecule has 5 rings (SSSR count). The monoisotopic (exact) mass is 490 g/mol. The number of carbonyl (C=O) groups excluding carboxylic acids is 2. The molecule has 1 saturated heterocycles. The second-order valence-electron chi connectivity index (χ2n) is 8.26. The van der Waals surface area contributed by atoms with Gasteiger partial charge in [-0.3, -0.25) is 19.1 Å². The Kier molecular flexibility index (Phi) is 6.76. The average molecular weight is 491 g/mol. The van der Waals surface area contributed by atoms with Gasteiger partial charge >= 0.3 is 0 Å². The molecule has 2 aromatic carbocycles. The van der Waals surface area contributed by atoms with Gasteiger partial charge in [-0.1, -0.05) is 48.5 Å². The summed E-state index contributed by atoms with van der Waals surface area (Å²) in [5.41, 5.74) is 1.35. The van der Waals surface area contributed by atoms with Gasteiger partial charge in [-0.25, -0.2) is 4.39 Å². The molecule has 9 heteroatoms. The second-order valence-corrected chi connectivity index (χ2v) is 9.43. The summed E-state index contributed by atoms with van der Waals surface area (Å²) in [5, 5.41) is 8.82. The number of benzene rings is 2. The van der Waals surface area contributed by atoms with Crippen molar-refractivity contribution in [2.45, 2.75) is 36.2 Å². The first-order valence-electron chi connectivity index (χ1n) is 11.4. The van der Waals surface area contributed by atoms with Gasteiger partial charge in [0.05, 0.1) is 18.1 Å². The van der Waals surface area contributed by atoms with E-state index in [9.17, 15) is 14.0 Å². The molecule has 0 radical (unpaired) electrons. The molecule has 0 bridgehead atoms. The predicted octanol–water partition coefficient (Wildman–Crippen LogP) is 5.04. The fourth-order valence-electron chi connectivity index (χ4n) is 4.07. The number of furan rings is 1. The lowest BCUT2D eigenvalue weighted by Gasteiger charge is -2.22. The maximum atomic E-state index is 13.5. The predicted molar refractivity (Wildman–Crippen MR) is 129 cm³/mol. The van der Waals surface area contributed by atoms with E-state index in [4.69, 9.17) is 4.42 Å². The minimum atomic E-state index is -0.495. The molecular formula is C26H23FN4O3S. The highest BCUT2D eigenvalue weighted by atomic mass is 32.2. The molecule has 0 N–H and O–H groups in total. The van der Waals surface area contributed by atoms with Crippen LogP contribution in [0.3, 0.4) is 0 Å². The summed E-state index contributed by atoms with van der Waals surface area (Å²) in [7, 11) is 0. The average Bonchev–Trinajstić information content (AvgIpc) is 3.50. The molecule has 7 nitrogen and oxygen atoms in total. The van der Waals surface area contributed by atoms with Crippen molar-refractivity contribution in [1.29, 1.82) is 0 Å². The Bertz CT molecular complexity index is 1310. The topological polar surface area (TPSA) is 81.2 Å². The molecule has 3 heterocycles. The number of imide groups is 1. The summed E-state index contributed by atoms with van der Waals surface area (Å²) in [5.74, 6) is 0.0460. The van der Waals surface area contributed by atoms with Crippen molar-refractivity contribution in [3.05, 3.63) is 89.9 Å². The molecule has 1 aliphatic rings. The Morgan fingerprint density at radius 3 is 2.57 bits per heavy atom. The van der Waals surface area contributed by atoms with E-state index >= 15 is 0 Å². The van der Waals surface area contributed by atoms with E-state index in [-0.39, 0.29) is 11.5 Å². The van der Waals surface area contributed by atoms with E-state index in [1.807, 2.05) is 41.0 Å². The van der Waals surface area contributed by atoms with E-state index in [0.29, 0.717) is 42.7 Å². The fraction of sp³-hybridized carbons (Fsp3) is 0.231. The Labute approximate surface area is 206 Å². The lowest BCUT2D eigenvalue weighted by Crippen LogP contribution is -2.41. The summed E-state index contributed by atoms with van der Waals surface area (Å²) < 4.78 is 20.8. The number of halogens is 1. The van der Waals surface area contributed by atoms with Crippen molar-refractivity contribution in [3.63, 3.8) is 0 Å². The number of rotatable bonds is 6. The fourth-order valence-corrected chi connectivity index (χ4v) is 5.20. The smallest absolute Gasteiger partial charge is 0.260 e. The Hall–Kier alpha value is -3.72. The van der Waals surface area contributed by atoms with Crippen LogP contribution in [0.2, 0.25) is 0 Å². The quantitative estimate of drug-likeness (QED) is 0.352. The van der Waals surface area contributed by atoms with Crippen LogP contribution in [-0.2, 0) is 11.3 Å². The number of hydrogen-bond donors (Lipinski definition) is 0. The van der Waals surface area contributed by atoms with Gasteiger partial charge in [-0.15, -0.1) is 10.2 Å². The van der Waals surface area contributed by atoms with Gasteiger partial charge in [-0.05, 0) is 54.8 Å². The van der Waals surface area contributed by atoms with Gasteiger partial charge in [-0.2, -0.15) is 0 Å². The molecule has 2 amide bonds. The summed E-state index contributed by atoms with van der Waals surface area (Å²) in [6.45, 7) is 0.839. The van der Waals surface area contributed by atoms with E-state index < -0.39 is 17.0 Å². The van der Waals surface area contributed by atoms with E-state index in [0.717, 1.165) is 12.0 Å². The summed E-state index contributed by atoms with van der Waals surface area (Å²) in [6.07, 6.45) is 3.71. The number of nitrogens with zero attached hydrogens (tertiary/aromatic N) is 4. The number of amides is 2. The van der Waals surface area contributed by atoms with Gasteiger partial charge < -0.3 is 4.42 Å². The van der Waals surface area contributed by atoms with Crippen molar-refractivity contribution in [1.82, 2.24) is 19.7 Å². The highest BCUT2D eigenvalue weighted by molar-refractivity contribution is 8.00. The zero-order valence-corrected chi connectivity index (χ0v) is 19.7. The number of aromatic nitrogens is 3. The molecule has 0 unspecified atom stereocenters. The number of likely N-dealkylation sites (tertiary alicyclic amines) is 1. The van der Waals surface area contributed by atoms with E-state index in [1.54, 1.807) is 12.3 Å². The molecule has 1 fully saturated rings. The third-order valence-corrected chi connectivity index (χ3v) is 7.10. The molecule has 0 saturated carbocycles. The van der Waals surface area contributed by atoms with Crippen LogP contribution < -0.4 is 0 Å². The minimum Gasteiger partial charge on any atom is -0.461 e. The van der Waals surface area contributed by atoms with Crippen molar-refractivity contribution in [2.24, 2.45) is 0 Å². The lowest BCUT2D eigenvalue weighted by atomic mass is 10.2. The van der Waals surface area contributed by atoms with Crippen LogP contribution in [0.5, 0.6) is 0 Å². The summed E-state index contributed by atoms with van der Waals surface area (Å²) in [6, 6.07) is 18.8. The van der Waals surface area contributed by atoms with Crippen LogP contribution in [0.25, 0.3) is 11.6 Å². The van der Waals surface area contributed by atoms with Crippen molar-refractivity contribution in [3.8, 4) is 11.6 Å². The van der Waals surface area contributed by atoms with Gasteiger partial charge in [0.25, 0.3) is 5.91 Å². The van der Waals surface area contributed by atoms with E-state index in [1.165, 1.54) is 40.9 Å². The SMILES string of the molecule is O=C(c1ccc(F)cc1)N1CCCC[C@H](Sc2nnc(-c3ccco3)n2Cc2ccccc2)C1=O. The first-order valence-corrected chi connectivity index (χ1v) is 12.3. The van der Waals surface area contributed by atoms with Crippen LogP contribution >= 0.6 is 11.8 Å². The maximum absolute atomic E-state index is 13.5. The zero-order valence-electron chi connectivity index (χ0n) is 18.8. The first kappa shape index (κ1) is 23.0. The third-order valence-electron chi connectivity index (χ3n) is 5.87. The molecule has 0 aliphatic carbocycles. The summed E-state index contributed by atoms with van der Waals surface area (Å²) >= 11 is 1.31. The minimum absolute atomic E-state index is 0.268. The molecule has 178 valence electrons. The van der Waals surface area contributed by atoms with Gasteiger partial charge in [0, 0.05) is 12.1 Å². The molecule has 1 atom stereocenters. The van der Waals surface area contributed by atoms with Crippen molar-refractivity contribution >= 4 is 23.6 Å². The van der Waals surface area contributed by atoms with Gasteiger partial charge in [0.1, 0.15) is 5.82 Å². The lowest BCUT2D eigenvalue weighted by molar-refractivity contribution is -0.127. The molecule has 4 aromatic rings. The molecule has 35 heavy (non-hydrogen) atoms. The van der Waals surface area contributed by atoms with Crippen LogP contribution in [0, 0.1) is 5.82 Å². The van der Waals surface area contributed by atoms with Gasteiger partial charge in [0.15, 0.2) is 10.9 Å². The number of hydrogen-bond acceptors (Lipinski definition) is 6. The van der Waals surface area contributed by atoms with Crippen LogP contribution in [0.15, 0.2) is 82.6 Å². The Morgan fingerprint density at radius 2 is 1.83 bits per heavy atom. The Morgan fingerprint density at radius 1 is 1.03 bits per heavy atom. The summed E-state index contributed by atoms with van der Waals surface area (Å²) in [4.78, 5) is 27.8. The highest BCUT2D eigenvalue weighted by Crippen LogP contribution is 2.32. The molecule has 0 spiro atoms. The van der Waals surface area contributed by atoms with Crippen molar-refractivity contribution in [2.75, 3.05) is 6.54 Å². The molecule has 1 aliphatic heterocycles. The second kappa shape index (κ2) is 10.3. The molecular weight excluding hydrogens is 467 g/mol. The number of carbonyl (C=O) groups is 2. The van der Waals surface area contributed by atoms with Crippen LogP contribution in [0.4, 0.5) is 4.39 Å². The number of thioether (sulfide) groups is 1. The van der Waals surface area contributed by atoms with Crippen molar-refractivity contribution < 1.29 is 18.4 Å². The van der Waals surface area contributed by atoms with Gasteiger partial charge in [0.2, 0.25) is 11.7 Å². The first-order chi connectivity index (χ1) is 17.1. The zero-order chi connectivity index (χ0) is 24.2.